The van der Waals surface area contributed by atoms with Crippen LogP contribution in [-0.4, -0.2) is 13.8 Å². The largest absolute Gasteiger partial charge is 0.427 e. The molecule has 0 heterocycles. The molecular weight excluding hydrogens is 176 g/mol. The minimum Gasteiger partial charge on any atom is -0.427 e. The third-order valence-electron chi connectivity index (χ3n) is 2.11. The third-order valence-corrected chi connectivity index (χ3v) is 4.60. The zero-order chi connectivity index (χ0) is 10.1. The fourth-order valence-corrected chi connectivity index (χ4v) is 2.76. The summed E-state index contributed by atoms with van der Waals surface area (Å²) in [7, 11) is -1.41. The van der Waals surface area contributed by atoms with Crippen LogP contribution in [0.3, 0.4) is 0 Å². The first kappa shape index (κ1) is 10.5. The molecule has 1 nitrogen and oxygen atoms in total. The fraction of sp³-hybridized carbons (Fsp3) is 0.455. The summed E-state index contributed by atoms with van der Waals surface area (Å²) in [5, 5.41) is 1.15. The Labute approximate surface area is 82.2 Å². The summed E-state index contributed by atoms with van der Waals surface area (Å²) >= 11 is 0. The Bertz CT molecular complexity index is 288. The zero-order valence-corrected chi connectivity index (χ0v) is 9.76. The number of aryl methyl sites for hydroxylation is 1. The molecule has 0 bridgehead atoms. The number of benzene rings is 1. The van der Waals surface area contributed by atoms with E-state index in [4.69, 9.17) is 0 Å². The van der Waals surface area contributed by atoms with Crippen molar-refractivity contribution in [3.63, 3.8) is 0 Å². The van der Waals surface area contributed by atoms with Crippen LogP contribution in [0.15, 0.2) is 24.3 Å². The molecule has 1 aromatic rings. The van der Waals surface area contributed by atoms with Crippen LogP contribution < -0.4 is 5.19 Å². The van der Waals surface area contributed by atoms with Crippen molar-refractivity contribution in [1.29, 1.82) is 0 Å². The first-order valence-electron chi connectivity index (χ1n) is 4.55. The van der Waals surface area contributed by atoms with Crippen molar-refractivity contribution in [2.45, 2.75) is 32.7 Å². The van der Waals surface area contributed by atoms with E-state index in [9.17, 15) is 4.80 Å². The highest BCUT2D eigenvalue weighted by molar-refractivity contribution is 6.69. The van der Waals surface area contributed by atoms with E-state index in [0.29, 0.717) is 0 Å². The predicted molar refractivity (Wildman–Crippen MR) is 58.5 cm³/mol. The van der Waals surface area contributed by atoms with Gasteiger partial charge in [-0.2, -0.15) is 0 Å². The average molecular weight is 193 g/mol. The molecule has 1 aromatic carbocycles. The predicted octanol–water partition coefficient (Wildman–Crippen LogP) is 1.99. The lowest BCUT2D eigenvalue weighted by Gasteiger charge is -2.24. The maximum Gasteiger partial charge on any atom is 0.249 e. The van der Waals surface area contributed by atoms with Crippen molar-refractivity contribution in [2.24, 2.45) is 0 Å². The van der Waals surface area contributed by atoms with Gasteiger partial charge in [0.1, 0.15) is 0 Å². The minimum absolute atomic E-state index is 0.0107. The van der Waals surface area contributed by atoms with Crippen LogP contribution in [0.4, 0.5) is 0 Å². The molecule has 0 aromatic heterocycles. The van der Waals surface area contributed by atoms with Crippen LogP contribution >= 0.6 is 0 Å². The minimum atomic E-state index is -1.41. The summed E-state index contributed by atoms with van der Waals surface area (Å²) in [5.41, 5.74) is 1.20. The van der Waals surface area contributed by atoms with E-state index in [0.717, 1.165) is 5.19 Å². The van der Waals surface area contributed by atoms with E-state index < -0.39 is 9.04 Å². The fourth-order valence-electron chi connectivity index (χ4n) is 1.24. The van der Waals surface area contributed by atoms with Crippen molar-refractivity contribution in [3.8, 4) is 0 Å². The highest BCUT2D eigenvalue weighted by Crippen LogP contribution is 2.25. The van der Waals surface area contributed by atoms with Crippen molar-refractivity contribution in [2.75, 3.05) is 0 Å². The van der Waals surface area contributed by atoms with E-state index in [2.05, 4.69) is 33.8 Å². The van der Waals surface area contributed by atoms with Crippen LogP contribution in [-0.2, 0) is 0 Å². The summed E-state index contributed by atoms with van der Waals surface area (Å²) in [4.78, 5) is 10.1. The van der Waals surface area contributed by atoms with Gasteiger partial charge in [-0.25, -0.2) is 0 Å². The Morgan fingerprint density at radius 3 is 2.15 bits per heavy atom. The summed E-state index contributed by atoms with van der Waals surface area (Å²) in [5.74, 6) is 0. The van der Waals surface area contributed by atoms with Crippen LogP contribution in [0.2, 0.25) is 5.04 Å². The topological polar surface area (TPSA) is 20.2 Å². The monoisotopic (exact) mass is 193 g/mol. The van der Waals surface area contributed by atoms with Crippen LogP contribution in [0.5, 0.6) is 0 Å². The molecule has 0 fully saturated rings. The lowest BCUT2D eigenvalue weighted by Crippen LogP contribution is -2.40. The van der Waals surface area contributed by atoms with Gasteiger partial charge < -0.3 is 4.80 Å². The molecule has 2 heteroatoms. The van der Waals surface area contributed by atoms with Crippen LogP contribution in [0.1, 0.15) is 26.3 Å². The first-order valence-corrected chi connectivity index (χ1v) is 6.00. The molecule has 0 atom stereocenters. The summed E-state index contributed by atoms with van der Waals surface area (Å²) in [6, 6.07) is 8.10. The van der Waals surface area contributed by atoms with E-state index in [1.165, 1.54) is 5.56 Å². The lowest BCUT2D eigenvalue weighted by molar-refractivity contribution is 0.526. The lowest BCUT2D eigenvalue weighted by atomic mass is 10.2. The van der Waals surface area contributed by atoms with Crippen molar-refractivity contribution < 1.29 is 4.80 Å². The average Bonchev–Trinajstić information content (AvgIpc) is 2.02. The van der Waals surface area contributed by atoms with Gasteiger partial charge in [0.25, 0.3) is 0 Å². The molecular formula is C11H17OSi. The molecule has 0 saturated carbocycles. The second kappa shape index (κ2) is 3.64. The Morgan fingerprint density at radius 1 is 1.15 bits per heavy atom. The SMILES string of the molecule is Cc1ccccc1[Si](O)C(C)(C)C. The second-order valence-corrected chi connectivity index (χ2v) is 7.15. The molecule has 0 aliphatic rings. The van der Waals surface area contributed by atoms with Gasteiger partial charge in [-0.1, -0.05) is 45.0 Å². The van der Waals surface area contributed by atoms with Crippen molar-refractivity contribution in [1.82, 2.24) is 0 Å². The van der Waals surface area contributed by atoms with Crippen LogP contribution in [0.25, 0.3) is 0 Å². The maximum absolute atomic E-state index is 10.1. The standard InChI is InChI=1S/C11H17OSi/c1-9-7-5-6-8-10(9)13(12)11(2,3)4/h5-8,12H,1-4H3. The highest BCUT2D eigenvalue weighted by Gasteiger charge is 2.28. The molecule has 0 unspecified atom stereocenters. The third kappa shape index (κ3) is 2.42. The van der Waals surface area contributed by atoms with Gasteiger partial charge in [0, 0.05) is 0 Å². The van der Waals surface area contributed by atoms with E-state index >= 15 is 0 Å². The van der Waals surface area contributed by atoms with Gasteiger partial charge in [0.15, 0.2) is 0 Å². The molecule has 1 N–H and O–H groups in total. The van der Waals surface area contributed by atoms with Crippen LogP contribution in [0, 0.1) is 6.92 Å². The molecule has 71 valence electrons. The summed E-state index contributed by atoms with van der Waals surface area (Å²) in [6.07, 6.45) is 0. The van der Waals surface area contributed by atoms with Crippen molar-refractivity contribution >= 4 is 14.2 Å². The van der Waals surface area contributed by atoms with E-state index in [1.807, 2.05) is 18.2 Å². The van der Waals surface area contributed by atoms with E-state index in [-0.39, 0.29) is 5.04 Å². The molecule has 13 heavy (non-hydrogen) atoms. The molecule has 1 radical (unpaired) electrons. The Balaban J connectivity index is 3.02. The number of hydrogen-bond donors (Lipinski definition) is 1. The Kier molecular flexibility index (Phi) is 2.93. The second-order valence-electron chi connectivity index (χ2n) is 4.41. The quantitative estimate of drug-likeness (QED) is 0.676. The zero-order valence-electron chi connectivity index (χ0n) is 8.76. The van der Waals surface area contributed by atoms with Gasteiger partial charge in [-0.3, -0.25) is 0 Å². The van der Waals surface area contributed by atoms with Gasteiger partial charge in [-0.15, -0.1) is 0 Å². The van der Waals surface area contributed by atoms with E-state index in [1.54, 1.807) is 0 Å². The molecule has 0 aliphatic heterocycles. The Hall–Kier alpha value is -0.603. The number of rotatable bonds is 1. The molecule has 1 rings (SSSR count). The summed E-state index contributed by atoms with van der Waals surface area (Å²) < 4.78 is 0. The molecule has 0 spiro atoms. The highest BCUT2D eigenvalue weighted by atomic mass is 28.3. The molecule has 0 saturated heterocycles. The molecule has 0 aliphatic carbocycles. The Morgan fingerprint density at radius 2 is 1.69 bits per heavy atom. The van der Waals surface area contributed by atoms with Gasteiger partial charge >= 0.3 is 0 Å². The molecule has 0 amide bonds. The number of hydrogen-bond acceptors (Lipinski definition) is 1. The normalized spacial score (nSPS) is 12.2. The smallest absolute Gasteiger partial charge is 0.249 e. The van der Waals surface area contributed by atoms with Gasteiger partial charge in [-0.05, 0) is 22.7 Å². The first-order chi connectivity index (χ1) is 5.93. The van der Waals surface area contributed by atoms with Gasteiger partial charge in [0.05, 0.1) is 0 Å². The maximum atomic E-state index is 10.1. The summed E-state index contributed by atoms with van der Waals surface area (Å²) in [6.45, 7) is 8.33. The van der Waals surface area contributed by atoms with Gasteiger partial charge in [0.2, 0.25) is 9.04 Å². The van der Waals surface area contributed by atoms with Crippen molar-refractivity contribution in [3.05, 3.63) is 29.8 Å².